The van der Waals surface area contributed by atoms with Gasteiger partial charge in [0, 0.05) is 17.9 Å². The minimum atomic E-state index is -0.617. The lowest BCUT2D eigenvalue weighted by molar-refractivity contribution is 0.0488. The highest BCUT2D eigenvalue weighted by atomic mass is 16.6. The predicted molar refractivity (Wildman–Crippen MR) is 124 cm³/mol. The zero-order valence-electron chi connectivity index (χ0n) is 19.1. The summed E-state index contributed by atoms with van der Waals surface area (Å²) in [5, 5.41) is 9.45. The van der Waals surface area contributed by atoms with Crippen molar-refractivity contribution in [2.75, 3.05) is 10.6 Å². The van der Waals surface area contributed by atoms with E-state index in [-0.39, 0.29) is 17.6 Å². The predicted octanol–water partition coefficient (Wildman–Crippen LogP) is 3.88. The number of amides is 2. The van der Waals surface area contributed by atoms with Gasteiger partial charge in [-0.25, -0.2) is 9.78 Å². The number of carbonyl (C=O) groups is 2. The molecule has 1 aromatic carbocycles. The van der Waals surface area contributed by atoms with Crippen LogP contribution in [-0.2, 0) is 4.74 Å². The number of hydrogen-bond acceptors (Lipinski definition) is 7. The molecule has 9 nitrogen and oxygen atoms in total. The van der Waals surface area contributed by atoms with Gasteiger partial charge < -0.3 is 26.4 Å². The molecule has 1 fully saturated rings. The van der Waals surface area contributed by atoms with Gasteiger partial charge in [-0.3, -0.25) is 4.79 Å². The molecule has 2 atom stereocenters. The van der Waals surface area contributed by atoms with Crippen molar-refractivity contribution in [3.05, 3.63) is 41.6 Å². The summed E-state index contributed by atoms with van der Waals surface area (Å²) in [6, 6.07) is 7.54. The fraction of sp³-hybridized carbons (Fsp3) is 0.478. The minimum absolute atomic E-state index is 0.0671. The minimum Gasteiger partial charge on any atom is -0.444 e. The molecule has 0 bridgehead atoms. The van der Waals surface area contributed by atoms with E-state index in [0.717, 1.165) is 36.9 Å². The smallest absolute Gasteiger partial charge is 0.407 e. The van der Waals surface area contributed by atoms with Gasteiger partial charge in [0.25, 0.3) is 5.91 Å². The first-order valence-electron chi connectivity index (χ1n) is 10.9. The van der Waals surface area contributed by atoms with E-state index in [1.807, 2.05) is 52.0 Å². The van der Waals surface area contributed by atoms with Crippen LogP contribution in [0, 0.1) is 6.92 Å². The summed E-state index contributed by atoms with van der Waals surface area (Å²) >= 11 is 0. The van der Waals surface area contributed by atoms with Gasteiger partial charge in [-0.1, -0.05) is 25.0 Å². The van der Waals surface area contributed by atoms with Crippen LogP contribution < -0.4 is 21.7 Å². The summed E-state index contributed by atoms with van der Waals surface area (Å²) in [5.74, 6) is 0.0648. The van der Waals surface area contributed by atoms with Gasteiger partial charge in [-0.2, -0.15) is 4.98 Å². The Morgan fingerprint density at radius 3 is 2.53 bits per heavy atom. The highest BCUT2D eigenvalue weighted by molar-refractivity contribution is 5.98. The number of carbonyl (C=O) groups excluding carboxylic acids is 2. The zero-order chi connectivity index (χ0) is 23.3. The van der Waals surface area contributed by atoms with E-state index in [4.69, 9.17) is 10.5 Å². The third kappa shape index (κ3) is 6.57. The fourth-order valence-electron chi connectivity index (χ4n) is 3.69. The lowest BCUT2D eigenvalue weighted by Crippen LogP contribution is -2.50. The van der Waals surface area contributed by atoms with E-state index in [1.165, 1.54) is 6.20 Å². The second-order valence-corrected chi connectivity index (χ2v) is 9.10. The summed E-state index contributed by atoms with van der Waals surface area (Å²) < 4.78 is 5.41. The molecular formula is C23H32N6O3. The molecule has 0 spiro atoms. The van der Waals surface area contributed by atoms with E-state index in [1.54, 1.807) is 0 Å². The van der Waals surface area contributed by atoms with Crippen molar-refractivity contribution < 1.29 is 14.3 Å². The molecule has 1 aliphatic carbocycles. The number of nitrogens with two attached hydrogens (primary N) is 1. The maximum absolute atomic E-state index is 12.3. The molecule has 9 heteroatoms. The van der Waals surface area contributed by atoms with Crippen LogP contribution in [-0.4, -0.2) is 39.7 Å². The van der Waals surface area contributed by atoms with Gasteiger partial charge in [0.15, 0.2) is 0 Å². The van der Waals surface area contributed by atoms with Gasteiger partial charge in [0.2, 0.25) is 5.95 Å². The Morgan fingerprint density at radius 1 is 1.16 bits per heavy atom. The third-order valence-electron chi connectivity index (χ3n) is 5.12. The largest absolute Gasteiger partial charge is 0.444 e. The molecule has 0 saturated heterocycles. The summed E-state index contributed by atoms with van der Waals surface area (Å²) in [6.45, 7) is 7.48. The number of rotatable bonds is 6. The molecule has 2 amide bonds. The number of hydrogen-bond donors (Lipinski definition) is 4. The van der Waals surface area contributed by atoms with Crippen molar-refractivity contribution in [1.29, 1.82) is 0 Å². The summed E-state index contributed by atoms with van der Waals surface area (Å²) in [4.78, 5) is 33.0. The summed E-state index contributed by atoms with van der Waals surface area (Å²) in [6.07, 6.45) is 4.68. The fourth-order valence-corrected chi connectivity index (χ4v) is 3.69. The quantitative estimate of drug-likeness (QED) is 0.536. The number of aryl methyl sites for hydroxylation is 1. The number of alkyl carbamates (subject to hydrolysis) is 1. The van der Waals surface area contributed by atoms with Crippen LogP contribution in [0.2, 0.25) is 0 Å². The van der Waals surface area contributed by atoms with E-state index < -0.39 is 17.6 Å². The molecule has 3 rings (SSSR count). The number of ether oxygens (including phenoxy) is 1. The molecule has 5 N–H and O–H groups in total. The van der Waals surface area contributed by atoms with Gasteiger partial charge in [0.05, 0.1) is 6.04 Å². The van der Waals surface area contributed by atoms with Crippen LogP contribution in [0.4, 0.5) is 22.2 Å². The van der Waals surface area contributed by atoms with Crippen molar-refractivity contribution in [3.8, 4) is 0 Å². The van der Waals surface area contributed by atoms with E-state index in [0.29, 0.717) is 11.8 Å². The topological polar surface area (TPSA) is 131 Å². The van der Waals surface area contributed by atoms with Gasteiger partial charge in [-0.05, 0) is 58.2 Å². The maximum Gasteiger partial charge on any atom is 0.407 e. The number of nitrogens with one attached hydrogen (secondary N) is 3. The Labute approximate surface area is 188 Å². The lowest BCUT2D eigenvalue weighted by atomic mass is 9.90. The van der Waals surface area contributed by atoms with Crippen molar-refractivity contribution in [3.63, 3.8) is 0 Å². The Bertz CT molecular complexity index is 972. The molecular weight excluding hydrogens is 408 g/mol. The first-order chi connectivity index (χ1) is 15.1. The molecule has 1 aliphatic rings. The van der Waals surface area contributed by atoms with Crippen molar-refractivity contribution >= 4 is 29.5 Å². The van der Waals surface area contributed by atoms with Crippen LogP contribution in [0.25, 0.3) is 0 Å². The van der Waals surface area contributed by atoms with E-state index >= 15 is 0 Å². The first-order valence-corrected chi connectivity index (χ1v) is 10.9. The van der Waals surface area contributed by atoms with Crippen LogP contribution in [0.3, 0.4) is 0 Å². The highest BCUT2D eigenvalue weighted by Crippen LogP contribution is 2.24. The van der Waals surface area contributed by atoms with Crippen molar-refractivity contribution in [1.82, 2.24) is 15.3 Å². The Balaban J connectivity index is 1.77. The number of anilines is 3. The highest BCUT2D eigenvalue weighted by Gasteiger charge is 2.29. The Hall–Kier alpha value is -3.36. The molecule has 1 saturated carbocycles. The average Bonchev–Trinajstić information content (AvgIpc) is 2.68. The van der Waals surface area contributed by atoms with E-state index in [2.05, 4.69) is 25.9 Å². The third-order valence-corrected chi connectivity index (χ3v) is 5.12. The maximum atomic E-state index is 12.3. The number of nitrogens with zero attached hydrogens (tertiary/aromatic N) is 2. The molecule has 2 aromatic rings. The summed E-state index contributed by atoms with van der Waals surface area (Å²) in [7, 11) is 0. The van der Waals surface area contributed by atoms with E-state index in [9.17, 15) is 9.59 Å². The van der Waals surface area contributed by atoms with Crippen LogP contribution >= 0.6 is 0 Å². The molecule has 172 valence electrons. The zero-order valence-corrected chi connectivity index (χ0v) is 19.1. The monoisotopic (exact) mass is 440 g/mol. The van der Waals surface area contributed by atoms with Crippen molar-refractivity contribution in [2.45, 2.75) is 71.1 Å². The molecule has 1 aromatic heterocycles. The normalized spacial score (nSPS) is 18.5. The molecule has 0 radical (unpaired) electrons. The van der Waals surface area contributed by atoms with Gasteiger partial charge >= 0.3 is 6.09 Å². The first kappa shape index (κ1) is 23.3. The second kappa shape index (κ2) is 9.84. The molecule has 32 heavy (non-hydrogen) atoms. The van der Waals surface area contributed by atoms with Gasteiger partial charge in [0.1, 0.15) is 17.0 Å². The number of primary amides is 1. The number of aromatic nitrogens is 2. The standard InChI is InChI=1S/C23H32N6O3/c1-14-8-7-9-15(12-14)26-20-16(19(24)30)13-25-21(29-20)27-17-10-5-6-11-18(17)28-22(31)32-23(2,3)4/h7-9,12-13,17-18H,5-6,10-11H2,1-4H3,(H2,24,30)(H,28,31)(H2,25,26,27,29). The van der Waals surface area contributed by atoms with Crippen LogP contribution in [0.1, 0.15) is 62.4 Å². The molecule has 1 heterocycles. The Morgan fingerprint density at radius 2 is 1.88 bits per heavy atom. The van der Waals surface area contributed by atoms with Gasteiger partial charge in [-0.15, -0.1) is 0 Å². The number of benzene rings is 1. The SMILES string of the molecule is Cc1cccc(Nc2nc(NC3CCCCC3NC(=O)OC(C)(C)C)ncc2C(N)=O)c1. The second-order valence-electron chi connectivity index (χ2n) is 9.10. The van der Waals surface area contributed by atoms with Crippen LogP contribution in [0.5, 0.6) is 0 Å². The van der Waals surface area contributed by atoms with Crippen molar-refractivity contribution in [2.24, 2.45) is 5.73 Å². The lowest BCUT2D eigenvalue weighted by Gasteiger charge is -2.33. The molecule has 0 aliphatic heterocycles. The molecule has 2 unspecified atom stereocenters. The summed E-state index contributed by atoms with van der Waals surface area (Å²) in [5.41, 5.74) is 7.02. The van der Waals surface area contributed by atoms with Crippen LogP contribution in [0.15, 0.2) is 30.5 Å². The average molecular weight is 441 g/mol. The Kier molecular flexibility index (Phi) is 7.17.